The first-order valence-electron chi connectivity index (χ1n) is 6.37. The molecule has 0 bridgehead atoms. The first-order valence-corrected chi connectivity index (χ1v) is 6.37. The minimum atomic E-state index is -0.513. The largest absolute Gasteiger partial charge is 0.348 e. The maximum Gasteiger partial charge on any atom is 0.253 e. The van der Waals surface area contributed by atoms with Crippen molar-refractivity contribution in [2.75, 3.05) is 6.54 Å². The Morgan fingerprint density at radius 3 is 2.65 bits per heavy atom. The predicted molar refractivity (Wildman–Crippen MR) is 75.0 cm³/mol. The quantitative estimate of drug-likeness (QED) is 0.889. The number of rotatable bonds is 3. The van der Waals surface area contributed by atoms with Gasteiger partial charge in [-0.05, 0) is 26.8 Å². The fraction of sp³-hybridized carbons (Fsp3) is 0.357. The highest BCUT2D eigenvalue weighted by Gasteiger charge is 2.16. The van der Waals surface area contributed by atoms with Gasteiger partial charge in [-0.25, -0.2) is 14.4 Å². The SMILES string of the molecule is Cc1nc2cc(F)cc(C(=O)N[C@@H](C)CN)c2nc1C. The summed E-state index contributed by atoms with van der Waals surface area (Å²) in [6, 6.07) is 2.25. The summed E-state index contributed by atoms with van der Waals surface area (Å²) in [5.41, 5.74) is 7.84. The average molecular weight is 276 g/mol. The lowest BCUT2D eigenvalue weighted by Crippen LogP contribution is -2.38. The molecule has 0 saturated heterocycles. The van der Waals surface area contributed by atoms with Gasteiger partial charge in [0, 0.05) is 18.7 Å². The van der Waals surface area contributed by atoms with Crippen molar-refractivity contribution in [1.29, 1.82) is 0 Å². The van der Waals surface area contributed by atoms with Crippen LogP contribution in [-0.2, 0) is 0 Å². The van der Waals surface area contributed by atoms with Crippen LogP contribution in [-0.4, -0.2) is 28.5 Å². The molecule has 0 saturated carbocycles. The topological polar surface area (TPSA) is 80.9 Å². The van der Waals surface area contributed by atoms with E-state index in [1.54, 1.807) is 20.8 Å². The molecule has 0 unspecified atom stereocenters. The number of aryl methyl sites for hydroxylation is 2. The van der Waals surface area contributed by atoms with E-state index >= 15 is 0 Å². The van der Waals surface area contributed by atoms with Crippen LogP contribution >= 0.6 is 0 Å². The smallest absolute Gasteiger partial charge is 0.253 e. The van der Waals surface area contributed by atoms with Crippen molar-refractivity contribution in [2.24, 2.45) is 5.73 Å². The van der Waals surface area contributed by atoms with Gasteiger partial charge in [0.05, 0.1) is 22.5 Å². The molecule has 1 aromatic carbocycles. The molecule has 0 spiro atoms. The molecule has 0 radical (unpaired) electrons. The van der Waals surface area contributed by atoms with Crippen molar-refractivity contribution >= 4 is 16.9 Å². The highest BCUT2D eigenvalue weighted by molar-refractivity contribution is 6.04. The molecule has 106 valence electrons. The Labute approximate surface area is 116 Å². The van der Waals surface area contributed by atoms with E-state index in [2.05, 4.69) is 15.3 Å². The normalized spacial score (nSPS) is 12.4. The molecule has 0 aliphatic heterocycles. The monoisotopic (exact) mass is 276 g/mol. The number of fused-ring (bicyclic) bond motifs is 1. The number of nitrogens with zero attached hydrogens (tertiary/aromatic N) is 2. The summed E-state index contributed by atoms with van der Waals surface area (Å²) in [7, 11) is 0. The van der Waals surface area contributed by atoms with Crippen LogP contribution < -0.4 is 11.1 Å². The highest BCUT2D eigenvalue weighted by atomic mass is 19.1. The van der Waals surface area contributed by atoms with E-state index in [0.717, 1.165) is 0 Å². The number of aromatic nitrogens is 2. The van der Waals surface area contributed by atoms with E-state index < -0.39 is 11.7 Å². The molecule has 5 nitrogen and oxygen atoms in total. The Kier molecular flexibility index (Phi) is 3.94. The lowest BCUT2D eigenvalue weighted by molar-refractivity contribution is 0.0942. The van der Waals surface area contributed by atoms with Crippen molar-refractivity contribution in [2.45, 2.75) is 26.8 Å². The first kappa shape index (κ1) is 14.3. The van der Waals surface area contributed by atoms with Gasteiger partial charge in [0.1, 0.15) is 11.3 Å². The number of halogens is 1. The Balaban J connectivity index is 2.57. The van der Waals surface area contributed by atoms with E-state index in [9.17, 15) is 9.18 Å². The van der Waals surface area contributed by atoms with Crippen molar-refractivity contribution in [3.63, 3.8) is 0 Å². The van der Waals surface area contributed by atoms with Crippen molar-refractivity contribution in [1.82, 2.24) is 15.3 Å². The highest BCUT2D eigenvalue weighted by Crippen LogP contribution is 2.19. The van der Waals surface area contributed by atoms with E-state index in [4.69, 9.17) is 5.73 Å². The fourth-order valence-corrected chi connectivity index (χ4v) is 1.83. The zero-order valence-electron chi connectivity index (χ0n) is 11.7. The molecule has 1 heterocycles. The third-order valence-corrected chi connectivity index (χ3v) is 3.12. The zero-order valence-corrected chi connectivity index (χ0v) is 11.7. The Bertz CT molecular complexity index is 672. The molecular formula is C14H17FN4O. The van der Waals surface area contributed by atoms with Crippen LogP contribution in [0, 0.1) is 19.7 Å². The van der Waals surface area contributed by atoms with Gasteiger partial charge in [0.2, 0.25) is 0 Å². The van der Waals surface area contributed by atoms with Gasteiger partial charge < -0.3 is 11.1 Å². The van der Waals surface area contributed by atoms with Gasteiger partial charge in [0.15, 0.2) is 0 Å². The summed E-state index contributed by atoms with van der Waals surface area (Å²) in [6.07, 6.45) is 0. The van der Waals surface area contributed by atoms with Crippen molar-refractivity contribution in [3.8, 4) is 0 Å². The number of carbonyl (C=O) groups is 1. The van der Waals surface area contributed by atoms with Crippen LogP contribution in [0.5, 0.6) is 0 Å². The van der Waals surface area contributed by atoms with Gasteiger partial charge in [-0.3, -0.25) is 4.79 Å². The van der Waals surface area contributed by atoms with E-state index in [1.807, 2.05) is 0 Å². The number of hydrogen-bond donors (Lipinski definition) is 2. The van der Waals surface area contributed by atoms with E-state index in [0.29, 0.717) is 29.0 Å². The third kappa shape index (κ3) is 2.75. The summed E-state index contributed by atoms with van der Waals surface area (Å²) in [6.45, 7) is 5.68. The summed E-state index contributed by atoms with van der Waals surface area (Å²) < 4.78 is 13.6. The molecule has 2 rings (SSSR count). The molecule has 2 aromatic rings. The summed E-state index contributed by atoms with van der Waals surface area (Å²) in [5, 5.41) is 2.70. The second-order valence-corrected chi connectivity index (χ2v) is 4.83. The number of nitrogens with one attached hydrogen (secondary N) is 1. The Morgan fingerprint density at radius 2 is 2.00 bits per heavy atom. The molecule has 3 N–H and O–H groups in total. The molecule has 0 fully saturated rings. The van der Waals surface area contributed by atoms with Crippen molar-refractivity contribution < 1.29 is 9.18 Å². The molecule has 1 amide bonds. The van der Waals surface area contributed by atoms with Crippen molar-refractivity contribution in [3.05, 3.63) is 34.9 Å². The van der Waals surface area contributed by atoms with Gasteiger partial charge in [0.25, 0.3) is 5.91 Å². The predicted octanol–water partition coefficient (Wildman–Crippen LogP) is 1.46. The molecule has 6 heteroatoms. The van der Waals surface area contributed by atoms with E-state index in [-0.39, 0.29) is 11.6 Å². The minimum Gasteiger partial charge on any atom is -0.348 e. The third-order valence-electron chi connectivity index (χ3n) is 3.12. The molecule has 0 aliphatic rings. The fourth-order valence-electron chi connectivity index (χ4n) is 1.83. The molecule has 0 aliphatic carbocycles. The number of carbonyl (C=O) groups excluding carboxylic acids is 1. The van der Waals surface area contributed by atoms with Gasteiger partial charge >= 0.3 is 0 Å². The Hall–Kier alpha value is -2.08. The second-order valence-electron chi connectivity index (χ2n) is 4.83. The number of amides is 1. The zero-order chi connectivity index (χ0) is 14.9. The molecule has 1 aromatic heterocycles. The van der Waals surface area contributed by atoms with Crippen LogP contribution in [0.25, 0.3) is 11.0 Å². The molecular weight excluding hydrogens is 259 g/mol. The lowest BCUT2D eigenvalue weighted by atomic mass is 10.1. The number of hydrogen-bond acceptors (Lipinski definition) is 4. The maximum atomic E-state index is 13.6. The first-order chi connectivity index (χ1) is 9.42. The second kappa shape index (κ2) is 5.50. The van der Waals surface area contributed by atoms with E-state index in [1.165, 1.54) is 12.1 Å². The van der Waals surface area contributed by atoms with Crippen LogP contribution in [0.4, 0.5) is 4.39 Å². The summed E-state index contributed by atoms with van der Waals surface area (Å²) in [4.78, 5) is 20.8. The minimum absolute atomic E-state index is 0.177. The molecule has 1 atom stereocenters. The summed E-state index contributed by atoms with van der Waals surface area (Å²) >= 11 is 0. The van der Waals surface area contributed by atoms with Gasteiger partial charge in [-0.2, -0.15) is 0 Å². The average Bonchev–Trinajstić information content (AvgIpc) is 2.39. The molecule has 20 heavy (non-hydrogen) atoms. The maximum absolute atomic E-state index is 13.6. The Morgan fingerprint density at radius 1 is 1.35 bits per heavy atom. The standard InChI is InChI=1S/C14H17FN4O/c1-7(6-16)17-14(20)11-4-10(15)5-12-13(11)19-9(3)8(2)18-12/h4-5,7H,6,16H2,1-3H3,(H,17,20)/t7-/m0/s1. The van der Waals surface area contributed by atoms with Gasteiger partial charge in [-0.15, -0.1) is 0 Å². The van der Waals surface area contributed by atoms with Crippen LogP contribution in [0.3, 0.4) is 0 Å². The van der Waals surface area contributed by atoms with Crippen LogP contribution in [0.2, 0.25) is 0 Å². The van der Waals surface area contributed by atoms with Crippen LogP contribution in [0.15, 0.2) is 12.1 Å². The van der Waals surface area contributed by atoms with Crippen LogP contribution in [0.1, 0.15) is 28.7 Å². The number of nitrogens with two attached hydrogens (primary N) is 1. The van der Waals surface area contributed by atoms with Gasteiger partial charge in [-0.1, -0.05) is 0 Å². The summed E-state index contributed by atoms with van der Waals surface area (Å²) in [5.74, 6) is -0.911. The number of benzene rings is 1. The lowest BCUT2D eigenvalue weighted by Gasteiger charge is -2.13.